The molecule has 1 atom stereocenters. The molecule has 0 radical (unpaired) electrons. The zero-order valence-corrected chi connectivity index (χ0v) is 9.74. The number of nitrogens with one attached hydrogen (secondary N) is 1. The summed E-state index contributed by atoms with van der Waals surface area (Å²) in [7, 11) is 0. The molecule has 1 amide bonds. The second kappa shape index (κ2) is 7.06. The molecule has 1 heterocycles. The summed E-state index contributed by atoms with van der Waals surface area (Å²) in [6, 6.07) is 1.66. The van der Waals surface area contributed by atoms with Crippen LogP contribution in [0.15, 0.2) is 23.0 Å². The molecule has 0 aliphatic carbocycles. The summed E-state index contributed by atoms with van der Waals surface area (Å²) in [6.45, 7) is 3.50. The van der Waals surface area contributed by atoms with Crippen LogP contribution < -0.4 is 11.1 Å². The van der Waals surface area contributed by atoms with Crippen molar-refractivity contribution in [1.82, 2.24) is 5.32 Å². The molecule has 4 nitrogen and oxygen atoms in total. The molecule has 16 heavy (non-hydrogen) atoms. The zero-order chi connectivity index (χ0) is 11.8. The smallest absolute Gasteiger partial charge is 0.254 e. The molecule has 90 valence electrons. The molecule has 0 aliphatic rings. The van der Waals surface area contributed by atoms with E-state index in [1.165, 1.54) is 12.5 Å². The molecular formula is C12H20N2O2. The lowest BCUT2D eigenvalue weighted by molar-refractivity contribution is 0.0945. The number of rotatable bonds is 7. The van der Waals surface area contributed by atoms with Gasteiger partial charge >= 0.3 is 0 Å². The lowest BCUT2D eigenvalue weighted by Crippen LogP contribution is -2.30. The van der Waals surface area contributed by atoms with Crippen molar-refractivity contribution in [2.24, 2.45) is 11.7 Å². The molecule has 0 saturated heterocycles. The monoisotopic (exact) mass is 224 g/mol. The van der Waals surface area contributed by atoms with Crippen LogP contribution in [-0.2, 0) is 0 Å². The molecule has 0 bridgehead atoms. The second-order valence-electron chi connectivity index (χ2n) is 3.95. The van der Waals surface area contributed by atoms with E-state index in [9.17, 15) is 4.79 Å². The minimum Gasteiger partial charge on any atom is -0.472 e. The van der Waals surface area contributed by atoms with Crippen molar-refractivity contribution in [3.8, 4) is 0 Å². The second-order valence-corrected chi connectivity index (χ2v) is 3.95. The van der Waals surface area contributed by atoms with Crippen LogP contribution >= 0.6 is 0 Å². The Kier molecular flexibility index (Phi) is 5.64. The number of amides is 1. The largest absolute Gasteiger partial charge is 0.472 e. The quantitative estimate of drug-likeness (QED) is 0.741. The van der Waals surface area contributed by atoms with Gasteiger partial charge in [-0.05, 0) is 31.4 Å². The van der Waals surface area contributed by atoms with Crippen molar-refractivity contribution >= 4 is 5.91 Å². The van der Waals surface area contributed by atoms with E-state index in [2.05, 4.69) is 12.2 Å². The summed E-state index contributed by atoms with van der Waals surface area (Å²) in [5.41, 5.74) is 6.11. The molecule has 1 aromatic heterocycles. The Balaban J connectivity index is 2.34. The van der Waals surface area contributed by atoms with Crippen LogP contribution in [0.3, 0.4) is 0 Å². The van der Waals surface area contributed by atoms with Gasteiger partial charge in [0, 0.05) is 6.54 Å². The third kappa shape index (κ3) is 4.06. The van der Waals surface area contributed by atoms with Gasteiger partial charge in [0.1, 0.15) is 6.26 Å². The Morgan fingerprint density at radius 3 is 2.94 bits per heavy atom. The van der Waals surface area contributed by atoms with Crippen LogP contribution in [0.5, 0.6) is 0 Å². The lowest BCUT2D eigenvalue weighted by Gasteiger charge is -2.15. The fourth-order valence-corrected chi connectivity index (χ4v) is 1.73. The van der Waals surface area contributed by atoms with E-state index >= 15 is 0 Å². The maximum Gasteiger partial charge on any atom is 0.254 e. The number of carbonyl (C=O) groups excluding carboxylic acids is 1. The van der Waals surface area contributed by atoms with E-state index in [1.807, 2.05) is 0 Å². The number of hydrogen-bond acceptors (Lipinski definition) is 3. The molecule has 4 heteroatoms. The zero-order valence-electron chi connectivity index (χ0n) is 9.74. The van der Waals surface area contributed by atoms with E-state index in [0.29, 0.717) is 24.6 Å². The van der Waals surface area contributed by atoms with Gasteiger partial charge in [-0.15, -0.1) is 0 Å². The van der Waals surface area contributed by atoms with Crippen LogP contribution in [0.2, 0.25) is 0 Å². The number of carbonyl (C=O) groups is 1. The molecule has 3 N–H and O–H groups in total. The average molecular weight is 224 g/mol. The summed E-state index contributed by atoms with van der Waals surface area (Å²) in [5, 5.41) is 2.90. The van der Waals surface area contributed by atoms with Gasteiger partial charge in [-0.2, -0.15) is 0 Å². The third-order valence-electron chi connectivity index (χ3n) is 2.61. The highest BCUT2D eigenvalue weighted by Crippen LogP contribution is 2.09. The molecule has 1 rings (SSSR count). The van der Waals surface area contributed by atoms with Gasteiger partial charge in [-0.25, -0.2) is 0 Å². The van der Waals surface area contributed by atoms with Gasteiger partial charge in [0.25, 0.3) is 5.91 Å². The summed E-state index contributed by atoms with van der Waals surface area (Å²) >= 11 is 0. The maximum absolute atomic E-state index is 11.6. The first-order valence-corrected chi connectivity index (χ1v) is 5.78. The fraction of sp³-hybridized carbons (Fsp3) is 0.583. The summed E-state index contributed by atoms with van der Waals surface area (Å²) in [5.74, 6) is 0.401. The van der Waals surface area contributed by atoms with E-state index in [4.69, 9.17) is 10.2 Å². The predicted octanol–water partition coefficient (Wildman–Crippen LogP) is 1.77. The average Bonchev–Trinajstić information content (AvgIpc) is 2.79. The number of hydrogen-bond donors (Lipinski definition) is 2. The van der Waals surface area contributed by atoms with E-state index in [1.54, 1.807) is 6.07 Å². The fourth-order valence-electron chi connectivity index (χ4n) is 1.73. The maximum atomic E-state index is 11.6. The lowest BCUT2D eigenvalue weighted by atomic mass is 10.00. The predicted molar refractivity (Wildman–Crippen MR) is 63.1 cm³/mol. The van der Waals surface area contributed by atoms with E-state index < -0.39 is 0 Å². The molecule has 0 saturated carbocycles. The molecule has 1 unspecified atom stereocenters. The van der Waals surface area contributed by atoms with Crippen molar-refractivity contribution in [3.05, 3.63) is 24.2 Å². The van der Waals surface area contributed by atoms with E-state index in [0.717, 1.165) is 19.3 Å². The van der Waals surface area contributed by atoms with Crippen LogP contribution in [0, 0.1) is 5.92 Å². The van der Waals surface area contributed by atoms with Gasteiger partial charge in [-0.3, -0.25) is 4.79 Å². The summed E-state index contributed by atoms with van der Waals surface area (Å²) in [4.78, 5) is 11.6. The van der Waals surface area contributed by atoms with Gasteiger partial charge in [0.05, 0.1) is 11.8 Å². The minimum absolute atomic E-state index is 0.0770. The van der Waals surface area contributed by atoms with Crippen molar-refractivity contribution in [2.75, 3.05) is 13.1 Å². The highest BCUT2D eigenvalue weighted by atomic mass is 16.3. The summed E-state index contributed by atoms with van der Waals surface area (Å²) < 4.78 is 4.86. The van der Waals surface area contributed by atoms with Gasteiger partial charge in [0.15, 0.2) is 0 Å². The topological polar surface area (TPSA) is 68.3 Å². The van der Waals surface area contributed by atoms with Crippen LogP contribution in [0.25, 0.3) is 0 Å². The molecule has 0 aromatic carbocycles. The number of nitrogens with two attached hydrogens (primary N) is 1. The van der Waals surface area contributed by atoms with Gasteiger partial charge in [0.2, 0.25) is 0 Å². The van der Waals surface area contributed by atoms with Gasteiger partial charge < -0.3 is 15.5 Å². The summed E-state index contributed by atoms with van der Waals surface area (Å²) in [6.07, 6.45) is 6.13. The molecule has 1 aromatic rings. The van der Waals surface area contributed by atoms with Crippen molar-refractivity contribution in [2.45, 2.75) is 26.2 Å². The van der Waals surface area contributed by atoms with Crippen LogP contribution in [0.4, 0.5) is 0 Å². The molecule has 0 aliphatic heterocycles. The normalized spacial score (nSPS) is 12.4. The molecular weight excluding hydrogens is 204 g/mol. The van der Waals surface area contributed by atoms with Crippen LogP contribution in [0.1, 0.15) is 36.5 Å². The Hall–Kier alpha value is -1.29. The van der Waals surface area contributed by atoms with Crippen molar-refractivity contribution < 1.29 is 9.21 Å². The first-order valence-electron chi connectivity index (χ1n) is 5.78. The SMILES string of the molecule is CCCC(CCN)CNC(=O)c1ccoc1. The Morgan fingerprint density at radius 2 is 2.38 bits per heavy atom. The number of furan rings is 1. The van der Waals surface area contributed by atoms with Crippen molar-refractivity contribution in [1.29, 1.82) is 0 Å². The molecule has 0 fully saturated rings. The highest BCUT2D eigenvalue weighted by molar-refractivity contribution is 5.93. The minimum atomic E-state index is -0.0770. The van der Waals surface area contributed by atoms with Crippen LogP contribution in [-0.4, -0.2) is 19.0 Å². The Morgan fingerprint density at radius 1 is 1.56 bits per heavy atom. The van der Waals surface area contributed by atoms with Crippen molar-refractivity contribution in [3.63, 3.8) is 0 Å². The first kappa shape index (κ1) is 12.8. The third-order valence-corrected chi connectivity index (χ3v) is 2.61. The standard InChI is InChI=1S/C12H20N2O2/c1-2-3-10(4-6-13)8-14-12(15)11-5-7-16-9-11/h5,7,9-10H,2-4,6,8,13H2,1H3,(H,14,15). The Bertz CT molecular complexity index is 290. The molecule has 0 spiro atoms. The van der Waals surface area contributed by atoms with Gasteiger partial charge in [-0.1, -0.05) is 13.3 Å². The van der Waals surface area contributed by atoms with E-state index in [-0.39, 0.29) is 5.91 Å². The highest BCUT2D eigenvalue weighted by Gasteiger charge is 2.10. The Labute approximate surface area is 96.2 Å². The first-order chi connectivity index (χ1) is 7.77.